The lowest BCUT2D eigenvalue weighted by Gasteiger charge is -2.29. The third kappa shape index (κ3) is 7.83. The molecule has 11 heteroatoms. The van der Waals surface area contributed by atoms with E-state index < -0.39 is 6.04 Å². The standard InChI is InChI=1S/C34H39N5O5S/c1-22(40)36-27-17-28-21-45-29-10-6-9-26(16-29)34(44)38(3)30(13-14-31(41)37(2)20-32(42)39(28)19-27)33(43)35-18-23-11-12-24-7-4-5-8-25(24)15-23/h4-12,15-16,27-28,30H,13-14,17-21H2,1-3H3,(H,35,43)(H,36,40)/t27-,28+,30-/m1/s1. The van der Waals surface area contributed by atoms with Gasteiger partial charge in [-0.3, -0.25) is 24.0 Å². The molecule has 45 heavy (non-hydrogen) atoms. The van der Waals surface area contributed by atoms with E-state index in [9.17, 15) is 24.0 Å². The largest absolute Gasteiger partial charge is 0.352 e. The number of nitrogens with zero attached hydrogens (tertiary/aromatic N) is 3. The van der Waals surface area contributed by atoms with E-state index in [2.05, 4.69) is 10.6 Å². The Balaban J connectivity index is 1.36. The van der Waals surface area contributed by atoms with E-state index in [1.807, 2.05) is 48.5 Å². The Kier molecular flexibility index (Phi) is 10.1. The van der Waals surface area contributed by atoms with Crippen molar-refractivity contribution in [2.75, 3.05) is 32.9 Å². The second-order valence-electron chi connectivity index (χ2n) is 11.8. The van der Waals surface area contributed by atoms with Crippen LogP contribution in [0.4, 0.5) is 0 Å². The van der Waals surface area contributed by atoms with E-state index >= 15 is 0 Å². The maximum Gasteiger partial charge on any atom is 0.254 e. The second-order valence-corrected chi connectivity index (χ2v) is 12.9. The summed E-state index contributed by atoms with van der Waals surface area (Å²) in [6, 6.07) is 20.0. The van der Waals surface area contributed by atoms with Gasteiger partial charge in [0.15, 0.2) is 0 Å². The maximum atomic E-state index is 13.7. The number of carbonyl (C=O) groups excluding carboxylic acids is 5. The number of hydrogen-bond acceptors (Lipinski definition) is 6. The van der Waals surface area contributed by atoms with Crippen LogP contribution in [0.2, 0.25) is 0 Å². The number of amides is 5. The first-order chi connectivity index (χ1) is 21.6. The summed E-state index contributed by atoms with van der Waals surface area (Å²) < 4.78 is 0. The molecule has 3 aromatic carbocycles. The van der Waals surface area contributed by atoms with Gasteiger partial charge in [0, 0.05) is 68.8 Å². The minimum absolute atomic E-state index is 0.0245. The summed E-state index contributed by atoms with van der Waals surface area (Å²) in [5.74, 6) is -0.762. The summed E-state index contributed by atoms with van der Waals surface area (Å²) in [7, 11) is 3.16. The molecule has 3 aromatic rings. The van der Waals surface area contributed by atoms with Crippen molar-refractivity contribution in [2.45, 2.75) is 55.8 Å². The van der Waals surface area contributed by atoms with Crippen molar-refractivity contribution in [3.8, 4) is 0 Å². The van der Waals surface area contributed by atoms with Crippen LogP contribution >= 0.6 is 11.8 Å². The van der Waals surface area contributed by atoms with Gasteiger partial charge in [-0.05, 0) is 53.4 Å². The van der Waals surface area contributed by atoms with Crippen LogP contribution in [0.15, 0.2) is 71.6 Å². The molecule has 5 amide bonds. The van der Waals surface area contributed by atoms with Gasteiger partial charge >= 0.3 is 0 Å². The molecular formula is C34H39N5O5S. The van der Waals surface area contributed by atoms with Crippen molar-refractivity contribution in [1.29, 1.82) is 0 Å². The van der Waals surface area contributed by atoms with Crippen molar-refractivity contribution in [1.82, 2.24) is 25.3 Å². The van der Waals surface area contributed by atoms with Gasteiger partial charge in [-0.25, -0.2) is 0 Å². The average molecular weight is 630 g/mol. The predicted octanol–water partition coefficient (Wildman–Crippen LogP) is 3.05. The third-order valence-electron chi connectivity index (χ3n) is 8.47. The molecule has 0 saturated carbocycles. The normalized spacial score (nSPS) is 21.5. The van der Waals surface area contributed by atoms with E-state index in [1.54, 1.807) is 37.2 Å². The van der Waals surface area contributed by atoms with E-state index in [4.69, 9.17) is 0 Å². The van der Waals surface area contributed by atoms with Gasteiger partial charge in [0.05, 0.1) is 6.54 Å². The fourth-order valence-corrected chi connectivity index (χ4v) is 7.10. The molecule has 0 spiro atoms. The van der Waals surface area contributed by atoms with E-state index in [0.717, 1.165) is 21.2 Å². The van der Waals surface area contributed by atoms with Crippen LogP contribution in [0.5, 0.6) is 0 Å². The van der Waals surface area contributed by atoms with Crippen molar-refractivity contribution >= 4 is 52.1 Å². The second kappa shape index (κ2) is 14.2. The summed E-state index contributed by atoms with van der Waals surface area (Å²) in [6.07, 6.45) is 0.672. The Morgan fingerprint density at radius 1 is 0.933 bits per heavy atom. The number of thioether (sulfide) groups is 1. The number of benzene rings is 3. The maximum absolute atomic E-state index is 13.7. The monoisotopic (exact) mass is 629 g/mol. The summed E-state index contributed by atoms with van der Waals surface area (Å²) >= 11 is 1.53. The van der Waals surface area contributed by atoms with Gasteiger partial charge < -0.3 is 25.3 Å². The molecule has 2 bridgehead atoms. The lowest BCUT2D eigenvalue weighted by molar-refractivity contribution is -0.140. The number of likely N-dealkylation sites (N-methyl/N-ethyl adjacent to an activating group) is 2. The zero-order valence-corrected chi connectivity index (χ0v) is 26.6. The fourth-order valence-electron chi connectivity index (χ4n) is 6.02. The van der Waals surface area contributed by atoms with Crippen LogP contribution in [-0.2, 0) is 25.7 Å². The van der Waals surface area contributed by atoms with Crippen LogP contribution in [0, 0.1) is 0 Å². The first kappa shape index (κ1) is 32.0. The van der Waals surface area contributed by atoms with Crippen LogP contribution in [-0.4, -0.2) is 95.3 Å². The molecule has 2 aliphatic heterocycles. The SMILES string of the molecule is CC(=O)N[C@@H]1C[C@H]2CSc3cccc(c3)C(=O)N(C)[C@@H](C(=O)NCc3ccc4ccccc4c3)CCC(=O)N(C)CC(=O)N2C1. The lowest BCUT2D eigenvalue weighted by atomic mass is 10.1. The van der Waals surface area contributed by atoms with E-state index in [-0.39, 0.29) is 67.6 Å². The summed E-state index contributed by atoms with van der Waals surface area (Å²) in [4.78, 5) is 71.1. The van der Waals surface area contributed by atoms with Crippen LogP contribution in [0.25, 0.3) is 10.8 Å². The van der Waals surface area contributed by atoms with Crippen molar-refractivity contribution < 1.29 is 24.0 Å². The summed E-state index contributed by atoms with van der Waals surface area (Å²) in [6.45, 7) is 1.98. The molecule has 0 aliphatic carbocycles. The van der Waals surface area contributed by atoms with Gasteiger partial charge in [0.25, 0.3) is 5.91 Å². The number of rotatable bonds is 4. The molecule has 2 N–H and O–H groups in total. The quantitative estimate of drug-likeness (QED) is 0.458. The Hall–Kier alpha value is -4.38. The highest BCUT2D eigenvalue weighted by atomic mass is 32.2. The smallest absolute Gasteiger partial charge is 0.254 e. The van der Waals surface area contributed by atoms with Gasteiger partial charge in [-0.1, -0.05) is 42.5 Å². The third-order valence-corrected chi connectivity index (χ3v) is 9.61. The summed E-state index contributed by atoms with van der Waals surface area (Å²) in [5.41, 5.74) is 1.35. The Labute approximate surface area is 267 Å². The highest BCUT2D eigenvalue weighted by molar-refractivity contribution is 7.99. The molecule has 3 atom stereocenters. The lowest BCUT2D eigenvalue weighted by Crippen LogP contribution is -2.48. The fraction of sp³-hybridized carbons (Fsp3) is 0.382. The molecule has 10 nitrogen and oxygen atoms in total. The molecule has 5 rings (SSSR count). The van der Waals surface area contributed by atoms with Crippen molar-refractivity contribution in [2.24, 2.45) is 0 Å². The molecule has 236 valence electrons. The zero-order valence-electron chi connectivity index (χ0n) is 25.8. The van der Waals surface area contributed by atoms with Crippen LogP contribution < -0.4 is 10.6 Å². The minimum atomic E-state index is -0.906. The molecule has 0 aromatic heterocycles. The molecule has 0 radical (unpaired) electrons. The molecule has 0 unspecified atom stereocenters. The predicted molar refractivity (Wildman–Crippen MR) is 173 cm³/mol. The highest BCUT2D eigenvalue weighted by Crippen LogP contribution is 2.28. The highest BCUT2D eigenvalue weighted by Gasteiger charge is 2.36. The zero-order chi connectivity index (χ0) is 32.1. The van der Waals surface area contributed by atoms with Crippen molar-refractivity contribution in [3.63, 3.8) is 0 Å². The molecule has 2 heterocycles. The molecular weight excluding hydrogens is 590 g/mol. The van der Waals surface area contributed by atoms with Gasteiger partial charge in [-0.2, -0.15) is 0 Å². The van der Waals surface area contributed by atoms with Gasteiger partial charge in [0.1, 0.15) is 6.04 Å². The van der Waals surface area contributed by atoms with Crippen LogP contribution in [0.3, 0.4) is 0 Å². The molecule has 1 saturated heterocycles. The number of fused-ring (bicyclic) bond motifs is 4. The average Bonchev–Trinajstić information content (AvgIpc) is 3.43. The first-order valence-corrected chi connectivity index (χ1v) is 16.1. The first-order valence-electron chi connectivity index (χ1n) is 15.1. The van der Waals surface area contributed by atoms with Gasteiger partial charge in [0.2, 0.25) is 23.6 Å². The topological polar surface area (TPSA) is 119 Å². The van der Waals surface area contributed by atoms with Crippen LogP contribution in [0.1, 0.15) is 42.1 Å². The van der Waals surface area contributed by atoms with Gasteiger partial charge in [-0.15, -0.1) is 11.8 Å². The number of carbonyl (C=O) groups is 5. The Morgan fingerprint density at radius 2 is 1.71 bits per heavy atom. The molecule has 1 fully saturated rings. The van der Waals surface area contributed by atoms with Crippen molar-refractivity contribution in [3.05, 3.63) is 77.9 Å². The molecule has 2 aliphatic rings. The van der Waals surface area contributed by atoms with E-state index in [0.29, 0.717) is 24.3 Å². The number of hydrogen-bond donors (Lipinski definition) is 2. The Bertz CT molecular complexity index is 1610. The number of nitrogens with one attached hydrogen (secondary N) is 2. The minimum Gasteiger partial charge on any atom is -0.352 e. The summed E-state index contributed by atoms with van der Waals surface area (Å²) in [5, 5.41) is 8.05. The Morgan fingerprint density at radius 3 is 2.49 bits per heavy atom. The van der Waals surface area contributed by atoms with E-state index in [1.165, 1.54) is 28.5 Å².